The number of carbonyl (C=O) groups is 1. The van der Waals surface area contributed by atoms with Gasteiger partial charge in [-0.2, -0.15) is 0 Å². The molecule has 1 aromatic rings. The molecular formula is C13H16BrNO3. The highest BCUT2D eigenvalue weighted by atomic mass is 79.9. The molecule has 1 atom stereocenters. The number of rotatable bonds is 2. The van der Waals surface area contributed by atoms with Crippen LogP contribution in [0.3, 0.4) is 0 Å². The number of amides is 1. The second kappa shape index (κ2) is 5.71. The number of nitrogens with zero attached hydrogens (tertiary/aromatic N) is 1. The molecule has 0 radical (unpaired) electrons. The number of aliphatic hydroxyl groups is 1. The van der Waals surface area contributed by atoms with Gasteiger partial charge in [0.15, 0.2) is 0 Å². The van der Waals surface area contributed by atoms with Crippen molar-refractivity contribution >= 4 is 21.8 Å². The molecule has 1 saturated heterocycles. The van der Waals surface area contributed by atoms with Crippen LogP contribution in [0, 0.1) is 0 Å². The van der Waals surface area contributed by atoms with Crippen LogP contribution in [-0.4, -0.2) is 42.2 Å². The van der Waals surface area contributed by atoms with Gasteiger partial charge in [-0.3, -0.25) is 4.79 Å². The normalized spacial score (nSPS) is 19.7. The minimum absolute atomic E-state index is 0.0443. The van der Waals surface area contributed by atoms with Gasteiger partial charge in [-0.15, -0.1) is 0 Å². The monoisotopic (exact) mass is 313 g/mol. The first-order valence-electron chi connectivity index (χ1n) is 5.92. The van der Waals surface area contributed by atoms with E-state index in [1.54, 1.807) is 30.2 Å². The van der Waals surface area contributed by atoms with Crippen LogP contribution in [0.15, 0.2) is 22.7 Å². The lowest BCUT2D eigenvalue weighted by Gasteiger charge is -2.30. The van der Waals surface area contributed by atoms with Gasteiger partial charge in [0.25, 0.3) is 5.91 Å². The predicted octanol–water partition coefficient (Wildman–Crippen LogP) is 2.05. The number of likely N-dealkylation sites (tertiary alicyclic amines) is 1. The van der Waals surface area contributed by atoms with Crippen molar-refractivity contribution in [3.05, 3.63) is 28.2 Å². The highest BCUT2D eigenvalue weighted by Crippen LogP contribution is 2.26. The topological polar surface area (TPSA) is 49.8 Å². The number of ether oxygens (including phenoxy) is 1. The fraction of sp³-hybridized carbons (Fsp3) is 0.462. The predicted molar refractivity (Wildman–Crippen MR) is 71.8 cm³/mol. The number of aliphatic hydroxyl groups excluding tert-OH is 1. The third-order valence-electron chi connectivity index (χ3n) is 3.08. The fourth-order valence-corrected chi connectivity index (χ4v) is 2.66. The van der Waals surface area contributed by atoms with Gasteiger partial charge in [-0.25, -0.2) is 0 Å². The first-order chi connectivity index (χ1) is 8.61. The maximum absolute atomic E-state index is 12.3. The SMILES string of the molecule is COc1ccc(C(=O)N2CCCC(O)C2)cc1Br. The summed E-state index contributed by atoms with van der Waals surface area (Å²) in [4.78, 5) is 13.9. The van der Waals surface area contributed by atoms with E-state index < -0.39 is 6.10 Å². The summed E-state index contributed by atoms with van der Waals surface area (Å²) in [5, 5.41) is 9.59. The molecule has 1 N–H and O–H groups in total. The average Bonchev–Trinajstić information content (AvgIpc) is 2.37. The van der Waals surface area contributed by atoms with E-state index in [4.69, 9.17) is 4.74 Å². The van der Waals surface area contributed by atoms with Gasteiger partial charge >= 0.3 is 0 Å². The lowest BCUT2D eigenvalue weighted by atomic mass is 10.1. The lowest BCUT2D eigenvalue weighted by molar-refractivity contribution is 0.0473. The van der Waals surface area contributed by atoms with Crippen LogP contribution in [-0.2, 0) is 0 Å². The quantitative estimate of drug-likeness (QED) is 0.909. The number of benzene rings is 1. The molecule has 0 aromatic heterocycles. The maximum Gasteiger partial charge on any atom is 0.253 e. The average molecular weight is 314 g/mol. The number of carbonyl (C=O) groups excluding carboxylic acids is 1. The summed E-state index contributed by atoms with van der Waals surface area (Å²) < 4.78 is 5.89. The zero-order valence-corrected chi connectivity index (χ0v) is 11.8. The molecule has 1 fully saturated rings. The summed E-state index contributed by atoms with van der Waals surface area (Å²) in [7, 11) is 1.59. The van der Waals surface area contributed by atoms with Crippen LogP contribution in [0.1, 0.15) is 23.2 Å². The van der Waals surface area contributed by atoms with E-state index in [0.717, 1.165) is 17.3 Å². The highest BCUT2D eigenvalue weighted by molar-refractivity contribution is 9.10. The summed E-state index contributed by atoms with van der Waals surface area (Å²) in [5.41, 5.74) is 0.608. The van der Waals surface area contributed by atoms with Gasteiger partial charge in [0.1, 0.15) is 5.75 Å². The van der Waals surface area contributed by atoms with Crippen molar-refractivity contribution in [3.8, 4) is 5.75 Å². The Morgan fingerprint density at radius 3 is 2.94 bits per heavy atom. The Kier molecular flexibility index (Phi) is 4.24. The van der Waals surface area contributed by atoms with E-state index in [0.29, 0.717) is 24.4 Å². The number of β-amino-alcohol motifs (C(OH)–C–C–N with tert-alkyl or cyclic N) is 1. The molecule has 1 aromatic carbocycles. The molecule has 2 rings (SSSR count). The largest absolute Gasteiger partial charge is 0.496 e. The number of hydrogen-bond donors (Lipinski definition) is 1. The van der Waals surface area contributed by atoms with Crippen molar-refractivity contribution in [1.82, 2.24) is 4.90 Å². The summed E-state index contributed by atoms with van der Waals surface area (Å²) >= 11 is 3.37. The van der Waals surface area contributed by atoms with E-state index in [-0.39, 0.29) is 5.91 Å². The highest BCUT2D eigenvalue weighted by Gasteiger charge is 2.23. The van der Waals surface area contributed by atoms with Crippen molar-refractivity contribution in [1.29, 1.82) is 0 Å². The summed E-state index contributed by atoms with van der Waals surface area (Å²) in [6.07, 6.45) is 1.23. The van der Waals surface area contributed by atoms with Crippen LogP contribution in [0.5, 0.6) is 5.75 Å². The zero-order chi connectivity index (χ0) is 13.1. The third kappa shape index (κ3) is 2.84. The Hall–Kier alpha value is -1.07. The number of halogens is 1. The molecule has 98 valence electrons. The minimum Gasteiger partial charge on any atom is -0.496 e. The maximum atomic E-state index is 12.3. The van der Waals surface area contributed by atoms with Crippen molar-refractivity contribution in [2.75, 3.05) is 20.2 Å². The van der Waals surface area contributed by atoms with E-state index in [2.05, 4.69) is 15.9 Å². The van der Waals surface area contributed by atoms with Crippen molar-refractivity contribution in [2.24, 2.45) is 0 Å². The zero-order valence-electron chi connectivity index (χ0n) is 10.2. The second-order valence-electron chi connectivity index (χ2n) is 4.40. The van der Waals surface area contributed by atoms with Crippen molar-refractivity contribution in [3.63, 3.8) is 0 Å². The van der Waals surface area contributed by atoms with Crippen LogP contribution < -0.4 is 4.74 Å². The first kappa shape index (κ1) is 13.4. The summed E-state index contributed by atoms with van der Waals surface area (Å²) in [6, 6.07) is 5.26. The summed E-state index contributed by atoms with van der Waals surface area (Å²) in [5.74, 6) is 0.655. The summed E-state index contributed by atoms with van der Waals surface area (Å²) in [6.45, 7) is 1.13. The van der Waals surface area contributed by atoms with Gasteiger partial charge < -0.3 is 14.7 Å². The molecular weight excluding hydrogens is 298 g/mol. The molecule has 1 heterocycles. The smallest absolute Gasteiger partial charge is 0.253 e. The molecule has 1 aliphatic heterocycles. The molecule has 0 bridgehead atoms. The number of hydrogen-bond acceptors (Lipinski definition) is 3. The molecule has 1 aliphatic rings. The van der Waals surface area contributed by atoms with Gasteiger partial charge in [0.2, 0.25) is 0 Å². The Morgan fingerprint density at radius 2 is 2.33 bits per heavy atom. The molecule has 18 heavy (non-hydrogen) atoms. The van der Waals surface area contributed by atoms with E-state index in [1.807, 2.05) is 0 Å². The Labute approximate surface area is 115 Å². The molecule has 5 heteroatoms. The van der Waals surface area contributed by atoms with Gasteiger partial charge in [-0.05, 0) is 47.0 Å². The van der Waals surface area contributed by atoms with Crippen LogP contribution in [0.4, 0.5) is 0 Å². The van der Waals surface area contributed by atoms with E-state index in [1.165, 1.54) is 0 Å². The number of methoxy groups -OCH3 is 1. The van der Waals surface area contributed by atoms with Gasteiger partial charge in [-0.1, -0.05) is 0 Å². The third-order valence-corrected chi connectivity index (χ3v) is 3.70. The molecule has 4 nitrogen and oxygen atoms in total. The Balaban J connectivity index is 2.15. The van der Waals surface area contributed by atoms with E-state index in [9.17, 15) is 9.90 Å². The Bertz CT molecular complexity index is 450. The van der Waals surface area contributed by atoms with Crippen molar-refractivity contribution in [2.45, 2.75) is 18.9 Å². The molecule has 1 unspecified atom stereocenters. The van der Waals surface area contributed by atoms with Gasteiger partial charge in [0, 0.05) is 18.7 Å². The van der Waals surface area contributed by atoms with Crippen LogP contribution in [0.2, 0.25) is 0 Å². The lowest BCUT2D eigenvalue weighted by Crippen LogP contribution is -2.42. The van der Waals surface area contributed by atoms with Gasteiger partial charge in [0.05, 0.1) is 17.7 Å². The number of piperidine rings is 1. The van der Waals surface area contributed by atoms with Crippen molar-refractivity contribution < 1.29 is 14.6 Å². The standard InChI is InChI=1S/C13H16BrNO3/c1-18-12-5-4-9(7-11(12)14)13(17)15-6-2-3-10(16)8-15/h4-5,7,10,16H,2-3,6,8H2,1H3. The van der Waals surface area contributed by atoms with Crippen LogP contribution in [0.25, 0.3) is 0 Å². The van der Waals surface area contributed by atoms with E-state index >= 15 is 0 Å². The first-order valence-corrected chi connectivity index (χ1v) is 6.72. The fourth-order valence-electron chi connectivity index (χ4n) is 2.12. The molecule has 0 saturated carbocycles. The Morgan fingerprint density at radius 1 is 1.56 bits per heavy atom. The minimum atomic E-state index is -0.399. The van der Waals surface area contributed by atoms with Crippen LogP contribution >= 0.6 is 15.9 Å². The second-order valence-corrected chi connectivity index (χ2v) is 5.25. The molecule has 0 spiro atoms. The molecule has 1 amide bonds. The molecule has 0 aliphatic carbocycles.